The summed E-state index contributed by atoms with van der Waals surface area (Å²) in [7, 11) is 0. The van der Waals surface area contributed by atoms with Crippen molar-refractivity contribution in [1.82, 2.24) is 5.32 Å². The SMILES string of the molecule is Clc1ccc(Br)cc1CNCc1cccc2ccccc12. The van der Waals surface area contributed by atoms with E-state index in [2.05, 4.69) is 69.8 Å². The van der Waals surface area contributed by atoms with Crippen LogP contribution in [0.25, 0.3) is 10.8 Å². The molecule has 0 spiro atoms. The van der Waals surface area contributed by atoms with Crippen LogP contribution in [0.5, 0.6) is 0 Å². The van der Waals surface area contributed by atoms with Gasteiger partial charge in [0.2, 0.25) is 0 Å². The minimum atomic E-state index is 0.751. The molecule has 0 amide bonds. The lowest BCUT2D eigenvalue weighted by Gasteiger charge is -2.10. The van der Waals surface area contributed by atoms with Gasteiger partial charge < -0.3 is 5.32 Å². The molecule has 3 heteroatoms. The summed E-state index contributed by atoms with van der Waals surface area (Å²) in [6.45, 7) is 1.58. The van der Waals surface area contributed by atoms with Gasteiger partial charge in [-0.1, -0.05) is 70.0 Å². The predicted octanol–water partition coefficient (Wildman–Crippen LogP) is 5.55. The number of benzene rings is 3. The number of hydrogen-bond donors (Lipinski definition) is 1. The largest absolute Gasteiger partial charge is 0.309 e. The number of rotatable bonds is 4. The molecule has 0 aliphatic rings. The van der Waals surface area contributed by atoms with E-state index in [4.69, 9.17) is 11.6 Å². The van der Waals surface area contributed by atoms with Crippen LogP contribution in [0.3, 0.4) is 0 Å². The van der Waals surface area contributed by atoms with Crippen molar-refractivity contribution in [2.45, 2.75) is 13.1 Å². The Labute approximate surface area is 138 Å². The van der Waals surface area contributed by atoms with Gasteiger partial charge in [-0.2, -0.15) is 0 Å². The molecule has 21 heavy (non-hydrogen) atoms. The molecule has 0 aromatic heterocycles. The Bertz CT molecular complexity index is 765. The summed E-state index contributed by atoms with van der Waals surface area (Å²) in [5, 5.41) is 6.84. The summed E-state index contributed by atoms with van der Waals surface area (Å²) < 4.78 is 1.05. The molecule has 3 aromatic rings. The summed E-state index contributed by atoms with van der Waals surface area (Å²) in [6.07, 6.45) is 0. The monoisotopic (exact) mass is 359 g/mol. The second-order valence-corrected chi connectivity index (χ2v) is 6.30. The topological polar surface area (TPSA) is 12.0 Å². The molecule has 0 atom stereocenters. The van der Waals surface area contributed by atoms with E-state index >= 15 is 0 Å². The summed E-state index contributed by atoms with van der Waals surface area (Å²) in [5.74, 6) is 0. The third kappa shape index (κ3) is 3.46. The van der Waals surface area contributed by atoms with Crippen LogP contribution in [-0.4, -0.2) is 0 Å². The fraction of sp³-hybridized carbons (Fsp3) is 0.111. The van der Waals surface area contributed by atoms with E-state index in [-0.39, 0.29) is 0 Å². The lowest BCUT2D eigenvalue weighted by atomic mass is 10.0. The highest BCUT2D eigenvalue weighted by Crippen LogP contribution is 2.22. The lowest BCUT2D eigenvalue weighted by molar-refractivity contribution is 0.696. The maximum absolute atomic E-state index is 6.21. The second kappa shape index (κ2) is 6.61. The third-order valence-corrected chi connectivity index (χ3v) is 4.38. The van der Waals surface area contributed by atoms with Crippen LogP contribution in [0.15, 0.2) is 65.1 Å². The maximum atomic E-state index is 6.21. The summed E-state index contributed by atoms with van der Waals surface area (Å²) in [6, 6.07) is 20.8. The summed E-state index contributed by atoms with van der Waals surface area (Å²) in [5.41, 5.74) is 2.41. The van der Waals surface area contributed by atoms with E-state index in [1.165, 1.54) is 16.3 Å². The smallest absolute Gasteiger partial charge is 0.0451 e. The fourth-order valence-corrected chi connectivity index (χ4v) is 3.05. The van der Waals surface area contributed by atoms with Gasteiger partial charge in [-0.15, -0.1) is 0 Å². The van der Waals surface area contributed by atoms with Crippen LogP contribution < -0.4 is 5.32 Å². The first-order valence-electron chi connectivity index (χ1n) is 6.85. The molecule has 0 bridgehead atoms. The average molecular weight is 361 g/mol. The molecular weight excluding hydrogens is 346 g/mol. The highest BCUT2D eigenvalue weighted by molar-refractivity contribution is 9.10. The van der Waals surface area contributed by atoms with E-state index in [0.29, 0.717) is 0 Å². The zero-order valence-corrected chi connectivity index (χ0v) is 13.8. The summed E-state index contributed by atoms with van der Waals surface area (Å²) >= 11 is 9.69. The van der Waals surface area contributed by atoms with Gasteiger partial charge in [0.15, 0.2) is 0 Å². The Morgan fingerprint density at radius 3 is 2.52 bits per heavy atom. The number of nitrogens with one attached hydrogen (secondary N) is 1. The minimum Gasteiger partial charge on any atom is -0.309 e. The van der Waals surface area contributed by atoms with Gasteiger partial charge in [0.25, 0.3) is 0 Å². The van der Waals surface area contributed by atoms with Crippen molar-refractivity contribution in [3.63, 3.8) is 0 Å². The highest BCUT2D eigenvalue weighted by Gasteiger charge is 2.03. The predicted molar refractivity (Wildman–Crippen MR) is 93.6 cm³/mol. The molecule has 0 aliphatic carbocycles. The van der Waals surface area contributed by atoms with Crippen LogP contribution in [0.2, 0.25) is 5.02 Å². The van der Waals surface area contributed by atoms with Crippen LogP contribution in [0.1, 0.15) is 11.1 Å². The molecule has 1 nitrogen and oxygen atoms in total. The Morgan fingerprint density at radius 1 is 0.857 bits per heavy atom. The second-order valence-electron chi connectivity index (χ2n) is 4.98. The fourth-order valence-electron chi connectivity index (χ4n) is 2.46. The van der Waals surface area contributed by atoms with Gasteiger partial charge in [0, 0.05) is 22.6 Å². The van der Waals surface area contributed by atoms with Crippen molar-refractivity contribution in [3.05, 3.63) is 81.3 Å². The van der Waals surface area contributed by atoms with E-state index < -0.39 is 0 Å². The molecule has 0 saturated heterocycles. The summed E-state index contributed by atoms with van der Waals surface area (Å²) in [4.78, 5) is 0. The van der Waals surface area contributed by atoms with Gasteiger partial charge >= 0.3 is 0 Å². The van der Waals surface area contributed by atoms with Crippen molar-refractivity contribution in [2.24, 2.45) is 0 Å². The molecule has 3 aromatic carbocycles. The van der Waals surface area contributed by atoms with Gasteiger partial charge in [0.05, 0.1) is 0 Å². The third-order valence-electron chi connectivity index (χ3n) is 3.52. The van der Waals surface area contributed by atoms with E-state index in [1.54, 1.807) is 0 Å². The highest BCUT2D eigenvalue weighted by atomic mass is 79.9. The van der Waals surface area contributed by atoms with Crippen molar-refractivity contribution >= 4 is 38.3 Å². The maximum Gasteiger partial charge on any atom is 0.0451 e. The van der Waals surface area contributed by atoms with E-state index in [0.717, 1.165) is 28.1 Å². The van der Waals surface area contributed by atoms with Gasteiger partial charge in [0.1, 0.15) is 0 Å². The first kappa shape index (κ1) is 14.6. The molecular formula is C18H15BrClN. The number of hydrogen-bond acceptors (Lipinski definition) is 1. The molecule has 0 fully saturated rings. The molecule has 0 saturated carbocycles. The van der Waals surface area contributed by atoms with E-state index in [9.17, 15) is 0 Å². The zero-order valence-electron chi connectivity index (χ0n) is 11.4. The molecule has 0 unspecified atom stereocenters. The van der Waals surface area contributed by atoms with Gasteiger partial charge in [-0.05, 0) is 40.1 Å². The molecule has 1 N–H and O–H groups in total. The first-order chi connectivity index (χ1) is 10.2. The lowest BCUT2D eigenvalue weighted by Crippen LogP contribution is -2.13. The first-order valence-corrected chi connectivity index (χ1v) is 8.02. The minimum absolute atomic E-state index is 0.751. The average Bonchev–Trinajstić information content (AvgIpc) is 2.51. The van der Waals surface area contributed by atoms with Crippen LogP contribution in [0.4, 0.5) is 0 Å². The van der Waals surface area contributed by atoms with Crippen LogP contribution >= 0.6 is 27.5 Å². The Hall–Kier alpha value is -1.35. The molecule has 0 aliphatic heterocycles. The van der Waals surface area contributed by atoms with Crippen molar-refractivity contribution in [3.8, 4) is 0 Å². The zero-order chi connectivity index (χ0) is 14.7. The van der Waals surface area contributed by atoms with Crippen molar-refractivity contribution in [2.75, 3.05) is 0 Å². The number of halogens is 2. The molecule has 0 heterocycles. The van der Waals surface area contributed by atoms with Crippen LogP contribution in [0, 0.1) is 0 Å². The Morgan fingerprint density at radius 2 is 1.62 bits per heavy atom. The molecule has 0 radical (unpaired) electrons. The van der Waals surface area contributed by atoms with Crippen molar-refractivity contribution in [1.29, 1.82) is 0 Å². The Balaban J connectivity index is 1.74. The molecule has 106 valence electrons. The Kier molecular flexibility index (Phi) is 4.59. The van der Waals surface area contributed by atoms with Crippen LogP contribution in [-0.2, 0) is 13.1 Å². The normalized spacial score (nSPS) is 11.0. The standard InChI is InChI=1S/C18H15BrClN/c19-16-8-9-18(20)15(10-16)12-21-11-14-6-3-5-13-4-1-2-7-17(13)14/h1-10,21H,11-12H2. The van der Waals surface area contributed by atoms with Crippen molar-refractivity contribution < 1.29 is 0 Å². The molecule has 3 rings (SSSR count). The van der Waals surface area contributed by atoms with Gasteiger partial charge in [-0.3, -0.25) is 0 Å². The number of fused-ring (bicyclic) bond motifs is 1. The quantitative estimate of drug-likeness (QED) is 0.643. The van der Waals surface area contributed by atoms with Gasteiger partial charge in [-0.25, -0.2) is 0 Å². The van der Waals surface area contributed by atoms with E-state index in [1.807, 2.05) is 12.1 Å².